The van der Waals surface area contributed by atoms with Gasteiger partial charge in [-0.15, -0.1) is 0 Å². The summed E-state index contributed by atoms with van der Waals surface area (Å²) in [6.07, 6.45) is 1.93. The number of ether oxygens (including phenoxy) is 2. The van der Waals surface area contributed by atoms with E-state index in [-0.39, 0.29) is 11.6 Å². The summed E-state index contributed by atoms with van der Waals surface area (Å²) in [6.45, 7) is 1.98. The lowest BCUT2D eigenvalue weighted by atomic mass is 9.96. The van der Waals surface area contributed by atoms with Crippen LogP contribution in [0.15, 0.2) is 12.1 Å². The van der Waals surface area contributed by atoms with E-state index >= 15 is 0 Å². The Hall–Kier alpha value is -1.26. The molecule has 0 radical (unpaired) electrons. The number of benzene rings is 1. The molecule has 1 aliphatic carbocycles. The van der Waals surface area contributed by atoms with Crippen LogP contribution < -0.4 is 20.9 Å². The maximum absolute atomic E-state index is 6.22. The second-order valence-corrected chi connectivity index (χ2v) is 4.77. The predicted octanol–water partition coefficient (Wildman–Crippen LogP) is 1.50. The molecule has 1 saturated carbocycles. The van der Waals surface area contributed by atoms with Crippen LogP contribution >= 0.6 is 0 Å². The molecule has 1 fully saturated rings. The Morgan fingerprint density at radius 1 is 1.18 bits per heavy atom. The minimum Gasteiger partial charge on any atom is -0.496 e. The molecule has 4 nitrogen and oxygen atoms in total. The molecule has 17 heavy (non-hydrogen) atoms. The van der Waals surface area contributed by atoms with Crippen LogP contribution in [-0.2, 0) is 0 Å². The van der Waals surface area contributed by atoms with Crippen LogP contribution in [0.4, 0.5) is 0 Å². The first kappa shape index (κ1) is 12.2. The lowest BCUT2D eigenvalue weighted by Crippen LogP contribution is -2.36. The van der Waals surface area contributed by atoms with Gasteiger partial charge in [-0.25, -0.2) is 0 Å². The first-order valence-electron chi connectivity index (χ1n) is 5.79. The van der Waals surface area contributed by atoms with E-state index in [0.29, 0.717) is 0 Å². The average molecular weight is 236 g/mol. The Morgan fingerprint density at radius 2 is 1.76 bits per heavy atom. The van der Waals surface area contributed by atoms with Gasteiger partial charge in [0.25, 0.3) is 0 Å². The van der Waals surface area contributed by atoms with Gasteiger partial charge in [-0.1, -0.05) is 0 Å². The maximum atomic E-state index is 6.22. The third-order valence-electron chi connectivity index (χ3n) is 3.53. The normalized spacial score (nSPS) is 18.6. The van der Waals surface area contributed by atoms with Gasteiger partial charge in [0.2, 0.25) is 0 Å². The molecule has 1 aromatic carbocycles. The second-order valence-electron chi connectivity index (χ2n) is 4.77. The fourth-order valence-electron chi connectivity index (χ4n) is 2.08. The topological polar surface area (TPSA) is 70.5 Å². The van der Waals surface area contributed by atoms with E-state index in [4.69, 9.17) is 20.9 Å². The molecule has 0 saturated heterocycles. The van der Waals surface area contributed by atoms with Crippen LogP contribution in [0.2, 0.25) is 0 Å². The van der Waals surface area contributed by atoms with E-state index < -0.39 is 0 Å². The highest BCUT2D eigenvalue weighted by Crippen LogP contribution is 2.45. The standard InChI is InChI=1S/C13H20N2O2/c1-8-6-11(17-3)9(7-10(8)16-2)12(14)13(15)4-5-13/h6-7,12H,4-5,14-15H2,1-3H3. The Kier molecular flexibility index (Phi) is 3.02. The van der Waals surface area contributed by atoms with Gasteiger partial charge in [-0.2, -0.15) is 0 Å². The molecule has 0 amide bonds. The fraction of sp³-hybridized carbons (Fsp3) is 0.538. The van der Waals surface area contributed by atoms with Crippen molar-refractivity contribution < 1.29 is 9.47 Å². The van der Waals surface area contributed by atoms with Crippen molar-refractivity contribution >= 4 is 0 Å². The highest BCUT2D eigenvalue weighted by molar-refractivity contribution is 5.48. The van der Waals surface area contributed by atoms with Crippen molar-refractivity contribution in [3.63, 3.8) is 0 Å². The number of hydrogen-bond acceptors (Lipinski definition) is 4. The van der Waals surface area contributed by atoms with Crippen LogP contribution in [0.5, 0.6) is 11.5 Å². The fourth-order valence-corrected chi connectivity index (χ4v) is 2.08. The molecule has 1 atom stereocenters. The van der Waals surface area contributed by atoms with Crippen molar-refractivity contribution in [2.75, 3.05) is 14.2 Å². The van der Waals surface area contributed by atoms with Crippen LogP contribution in [0.3, 0.4) is 0 Å². The Labute approximate surface area is 102 Å². The summed E-state index contributed by atoms with van der Waals surface area (Å²) in [5.74, 6) is 1.60. The molecule has 1 aliphatic rings. The van der Waals surface area contributed by atoms with Crippen LogP contribution in [0, 0.1) is 6.92 Å². The summed E-state index contributed by atoms with van der Waals surface area (Å²) in [6, 6.07) is 3.68. The Morgan fingerprint density at radius 3 is 2.24 bits per heavy atom. The Balaban J connectivity index is 2.43. The number of methoxy groups -OCH3 is 2. The molecule has 0 aromatic heterocycles. The molecule has 0 spiro atoms. The zero-order chi connectivity index (χ0) is 12.6. The molecule has 0 bridgehead atoms. The number of nitrogens with two attached hydrogens (primary N) is 2. The molecular formula is C13H20N2O2. The van der Waals surface area contributed by atoms with Crippen molar-refractivity contribution in [1.29, 1.82) is 0 Å². The first-order valence-corrected chi connectivity index (χ1v) is 5.79. The monoisotopic (exact) mass is 236 g/mol. The van der Waals surface area contributed by atoms with E-state index in [2.05, 4.69) is 0 Å². The smallest absolute Gasteiger partial charge is 0.124 e. The van der Waals surface area contributed by atoms with Crippen LogP contribution in [-0.4, -0.2) is 19.8 Å². The summed E-state index contributed by atoms with van der Waals surface area (Å²) in [5, 5.41) is 0. The number of aryl methyl sites for hydroxylation is 1. The highest BCUT2D eigenvalue weighted by atomic mass is 16.5. The molecule has 0 aliphatic heterocycles. The molecule has 1 unspecified atom stereocenters. The lowest BCUT2D eigenvalue weighted by molar-refractivity contribution is 0.387. The van der Waals surface area contributed by atoms with Gasteiger partial charge in [0, 0.05) is 11.1 Å². The molecule has 0 heterocycles. The van der Waals surface area contributed by atoms with Crippen molar-refractivity contribution in [3.8, 4) is 11.5 Å². The zero-order valence-corrected chi connectivity index (χ0v) is 10.6. The molecule has 2 rings (SSSR count). The first-order chi connectivity index (χ1) is 8.01. The predicted molar refractivity (Wildman–Crippen MR) is 67.4 cm³/mol. The third-order valence-corrected chi connectivity index (χ3v) is 3.53. The van der Waals surface area contributed by atoms with E-state index in [1.165, 1.54) is 0 Å². The third kappa shape index (κ3) is 2.10. The van der Waals surface area contributed by atoms with E-state index in [1.807, 2.05) is 19.1 Å². The summed E-state index contributed by atoms with van der Waals surface area (Å²) in [7, 11) is 3.30. The van der Waals surface area contributed by atoms with Gasteiger partial charge in [-0.05, 0) is 37.5 Å². The summed E-state index contributed by atoms with van der Waals surface area (Å²) in [5.41, 5.74) is 14.1. The van der Waals surface area contributed by atoms with Crippen molar-refractivity contribution in [2.45, 2.75) is 31.3 Å². The van der Waals surface area contributed by atoms with Crippen molar-refractivity contribution in [2.24, 2.45) is 11.5 Å². The average Bonchev–Trinajstić information content (AvgIpc) is 3.07. The molecular weight excluding hydrogens is 216 g/mol. The van der Waals surface area contributed by atoms with Gasteiger partial charge < -0.3 is 20.9 Å². The number of rotatable bonds is 4. The van der Waals surface area contributed by atoms with Gasteiger partial charge in [-0.3, -0.25) is 0 Å². The molecule has 1 aromatic rings. The zero-order valence-electron chi connectivity index (χ0n) is 10.6. The summed E-state index contributed by atoms with van der Waals surface area (Å²) >= 11 is 0. The molecule has 4 N–H and O–H groups in total. The van der Waals surface area contributed by atoms with Gasteiger partial charge in [0.1, 0.15) is 11.5 Å². The summed E-state index contributed by atoms with van der Waals surface area (Å²) < 4.78 is 10.7. The van der Waals surface area contributed by atoms with Gasteiger partial charge in [0.15, 0.2) is 0 Å². The Bertz CT molecular complexity index is 428. The van der Waals surface area contributed by atoms with E-state index in [9.17, 15) is 0 Å². The van der Waals surface area contributed by atoms with Crippen LogP contribution in [0.1, 0.15) is 30.0 Å². The van der Waals surface area contributed by atoms with E-state index in [1.54, 1.807) is 14.2 Å². The van der Waals surface area contributed by atoms with Crippen LogP contribution in [0.25, 0.3) is 0 Å². The van der Waals surface area contributed by atoms with Gasteiger partial charge in [0.05, 0.1) is 20.3 Å². The molecule has 94 valence electrons. The van der Waals surface area contributed by atoms with E-state index in [0.717, 1.165) is 35.5 Å². The SMILES string of the molecule is COc1cc(C(N)C2(N)CC2)c(OC)cc1C. The second kappa shape index (κ2) is 4.20. The minimum atomic E-state index is -0.270. The largest absolute Gasteiger partial charge is 0.496 e. The number of hydrogen-bond donors (Lipinski definition) is 2. The lowest BCUT2D eigenvalue weighted by Gasteiger charge is -2.22. The van der Waals surface area contributed by atoms with Crippen molar-refractivity contribution in [1.82, 2.24) is 0 Å². The van der Waals surface area contributed by atoms with Crippen molar-refractivity contribution in [3.05, 3.63) is 23.3 Å². The molecule has 4 heteroatoms. The van der Waals surface area contributed by atoms with Gasteiger partial charge >= 0.3 is 0 Å². The highest BCUT2D eigenvalue weighted by Gasteiger charge is 2.45. The minimum absolute atomic E-state index is 0.202. The summed E-state index contributed by atoms with van der Waals surface area (Å²) in [4.78, 5) is 0. The maximum Gasteiger partial charge on any atom is 0.124 e. The quantitative estimate of drug-likeness (QED) is 0.831.